The van der Waals surface area contributed by atoms with Crippen molar-refractivity contribution >= 4 is 15.7 Å². The second-order valence-electron chi connectivity index (χ2n) is 4.83. The summed E-state index contributed by atoms with van der Waals surface area (Å²) in [4.78, 5) is 12.1. The van der Waals surface area contributed by atoms with E-state index in [-0.39, 0.29) is 18.2 Å². The Morgan fingerprint density at radius 3 is 2.43 bits per heavy atom. The minimum absolute atomic E-state index is 0.0376. The van der Waals surface area contributed by atoms with Crippen LogP contribution in [0.25, 0.3) is 0 Å². The van der Waals surface area contributed by atoms with Gasteiger partial charge in [-0.15, -0.1) is 0 Å². The molecule has 0 amide bonds. The van der Waals surface area contributed by atoms with Crippen molar-refractivity contribution in [2.24, 2.45) is 0 Å². The highest BCUT2D eigenvalue weighted by atomic mass is 32.2. The van der Waals surface area contributed by atoms with E-state index in [1.54, 1.807) is 43.0 Å². The molecular weight excluding hydrogens is 288 g/mol. The number of sulfonamides is 1. The molecule has 7 heteroatoms. The van der Waals surface area contributed by atoms with E-state index in [0.29, 0.717) is 11.5 Å². The first-order valence-corrected chi connectivity index (χ1v) is 8.29. The average molecular weight is 306 g/mol. The second kappa shape index (κ2) is 6.62. The Balaban J connectivity index is 2.19. The van der Waals surface area contributed by atoms with Crippen molar-refractivity contribution in [2.75, 3.05) is 10.1 Å². The lowest BCUT2D eigenvalue weighted by molar-refractivity contribution is 0.582. The van der Waals surface area contributed by atoms with Gasteiger partial charge >= 0.3 is 0 Å². The Hall–Kier alpha value is -2.02. The van der Waals surface area contributed by atoms with Gasteiger partial charge in [-0.05, 0) is 32.0 Å². The SMILES string of the molecule is CC(C)N(c1cccnc1)S(=O)(=O)CCc1ncccn1. The Kier molecular flexibility index (Phi) is 4.85. The van der Waals surface area contributed by atoms with Crippen molar-refractivity contribution in [1.82, 2.24) is 15.0 Å². The maximum absolute atomic E-state index is 12.6. The molecule has 0 saturated carbocycles. The number of rotatable bonds is 6. The minimum atomic E-state index is -3.46. The van der Waals surface area contributed by atoms with E-state index in [2.05, 4.69) is 15.0 Å². The van der Waals surface area contributed by atoms with Crippen LogP contribution >= 0.6 is 0 Å². The van der Waals surface area contributed by atoms with Gasteiger partial charge in [0, 0.05) is 31.1 Å². The molecule has 0 fully saturated rings. The highest BCUT2D eigenvalue weighted by Gasteiger charge is 2.25. The summed E-state index contributed by atoms with van der Waals surface area (Å²) in [6.45, 7) is 3.67. The van der Waals surface area contributed by atoms with Crippen LogP contribution in [0, 0.1) is 0 Å². The van der Waals surface area contributed by atoms with Gasteiger partial charge in [-0.3, -0.25) is 9.29 Å². The van der Waals surface area contributed by atoms with Crippen LogP contribution in [0.1, 0.15) is 19.7 Å². The third-order valence-corrected chi connectivity index (χ3v) is 4.82. The minimum Gasteiger partial charge on any atom is -0.266 e. The number of pyridine rings is 1. The molecule has 112 valence electrons. The highest BCUT2D eigenvalue weighted by Crippen LogP contribution is 2.20. The number of aryl methyl sites for hydroxylation is 1. The van der Waals surface area contributed by atoms with Gasteiger partial charge < -0.3 is 0 Å². The number of nitrogens with zero attached hydrogens (tertiary/aromatic N) is 4. The molecule has 0 spiro atoms. The average Bonchev–Trinajstić information content (AvgIpc) is 2.47. The third kappa shape index (κ3) is 3.98. The molecular formula is C14H18N4O2S. The Bertz CT molecular complexity index is 660. The summed E-state index contributed by atoms with van der Waals surface area (Å²) in [5.41, 5.74) is 0.571. The van der Waals surface area contributed by atoms with Gasteiger partial charge in [0.05, 0.1) is 17.6 Å². The lowest BCUT2D eigenvalue weighted by Gasteiger charge is -2.27. The van der Waals surface area contributed by atoms with Crippen molar-refractivity contribution in [3.05, 3.63) is 48.8 Å². The molecule has 6 nitrogen and oxygen atoms in total. The number of hydrogen-bond acceptors (Lipinski definition) is 5. The third-order valence-electron chi connectivity index (χ3n) is 2.87. The maximum Gasteiger partial charge on any atom is 0.235 e. The molecule has 21 heavy (non-hydrogen) atoms. The molecule has 2 heterocycles. The van der Waals surface area contributed by atoms with E-state index in [1.165, 1.54) is 4.31 Å². The lowest BCUT2D eigenvalue weighted by atomic mass is 10.3. The standard InChI is InChI=1S/C14H18N4O2S/c1-12(2)18(13-5-3-7-15-11-13)21(19,20)10-6-14-16-8-4-9-17-14/h3-5,7-9,11-12H,6,10H2,1-2H3. The fourth-order valence-corrected chi connectivity index (χ4v) is 3.75. The van der Waals surface area contributed by atoms with E-state index in [9.17, 15) is 8.42 Å². The van der Waals surface area contributed by atoms with Gasteiger partial charge in [0.15, 0.2) is 0 Å². The first-order valence-electron chi connectivity index (χ1n) is 6.69. The summed E-state index contributed by atoms with van der Waals surface area (Å²) in [5.74, 6) is 0.486. The van der Waals surface area contributed by atoms with Gasteiger partial charge in [-0.1, -0.05) is 0 Å². The zero-order chi connectivity index (χ0) is 15.3. The van der Waals surface area contributed by atoms with Gasteiger partial charge in [-0.2, -0.15) is 0 Å². The summed E-state index contributed by atoms with van der Waals surface area (Å²) in [6, 6.07) is 4.98. The van der Waals surface area contributed by atoms with Crippen LogP contribution in [0.4, 0.5) is 5.69 Å². The van der Waals surface area contributed by atoms with E-state index in [4.69, 9.17) is 0 Å². The van der Waals surface area contributed by atoms with Gasteiger partial charge in [0.25, 0.3) is 0 Å². The smallest absolute Gasteiger partial charge is 0.235 e. The van der Waals surface area contributed by atoms with Crippen molar-refractivity contribution in [3.63, 3.8) is 0 Å². The Morgan fingerprint density at radius 1 is 1.14 bits per heavy atom. The molecule has 0 aliphatic rings. The van der Waals surface area contributed by atoms with Gasteiger partial charge in [0.2, 0.25) is 10.0 Å². The molecule has 2 aromatic heterocycles. The Labute approximate surface area is 124 Å². The molecule has 0 unspecified atom stereocenters. The summed E-state index contributed by atoms with van der Waals surface area (Å²) < 4.78 is 26.6. The zero-order valence-electron chi connectivity index (χ0n) is 12.0. The van der Waals surface area contributed by atoms with Gasteiger partial charge in [-0.25, -0.2) is 18.4 Å². The first-order chi connectivity index (χ1) is 10.0. The molecule has 0 radical (unpaired) electrons. The molecule has 0 bridgehead atoms. The van der Waals surface area contributed by atoms with E-state index < -0.39 is 10.0 Å². The molecule has 0 aliphatic carbocycles. The molecule has 0 saturated heterocycles. The van der Waals surface area contributed by atoms with E-state index in [0.717, 1.165) is 0 Å². The summed E-state index contributed by atoms with van der Waals surface area (Å²) in [7, 11) is -3.46. The van der Waals surface area contributed by atoms with Crippen molar-refractivity contribution in [1.29, 1.82) is 0 Å². The molecule has 2 rings (SSSR count). The van der Waals surface area contributed by atoms with Crippen molar-refractivity contribution in [3.8, 4) is 0 Å². The second-order valence-corrected chi connectivity index (χ2v) is 6.80. The van der Waals surface area contributed by atoms with Crippen LogP contribution in [0.2, 0.25) is 0 Å². The molecule has 0 aromatic carbocycles. The Morgan fingerprint density at radius 2 is 1.86 bits per heavy atom. The zero-order valence-corrected chi connectivity index (χ0v) is 12.9. The molecule has 0 N–H and O–H groups in total. The lowest BCUT2D eigenvalue weighted by Crippen LogP contribution is -2.39. The van der Waals surface area contributed by atoms with E-state index in [1.807, 2.05) is 13.8 Å². The summed E-state index contributed by atoms with van der Waals surface area (Å²) in [6.07, 6.45) is 6.67. The first kappa shape index (κ1) is 15.4. The monoisotopic (exact) mass is 306 g/mol. The van der Waals surface area contributed by atoms with Crippen LogP contribution in [0.3, 0.4) is 0 Å². The normalized spacial score (nSPS) is 11.6. The summed E-state index contributed by atoms with van der Waals surface area (Å²) >= 11 is 0. The number of aromatic nitrogens is 3. The predicted molar refractivity (Wildman–Crippen MR) is 81.4 cm³/mol. The fraction of sp³-hybridized carbons (Fsp3) is 0.357. The predicted octanol–water partition coefficient (Wildman–Crippen LogP) is 1.66. The van der Waals surface area contributed by atoms with Crippen LogP contribution < -0.4 is 4.31 Å². The van der Waals surface area contributed by atoms with Crippen LogP contribution in [0.15, 0.2) is 43.0 Å². The fourth-order valence-electron chi connectivity index (χ4n) is 2.04. The van der Waals surface area contributed by atoms with Crippen molar-refractivity contribution in [2.45, 2.75) is 26.3 Å². The van der Waals surface area contributed by atoms with Crippen molar-refractivity contribution < 1.29 is 8.42 Å². The number of anilines is 1. The van der Waals surface area contributed by atoms with Crippen LogP contribution in [-0.2, 0) is 16.4 Å². The van der Waals surface area contributed by atoms with Gasteiger partial charge in [0.1, 0.15) is 5.82 Å². The maximum atomic E-state index is 12.6. The molecule has 0 atom stereocenters. The highest BCUT2D eigenvalue weighted by molar-refractivity contribution is 7.92. The van der Waals surface area contributed by atoms with Crippen LogP contribution in [-0.4, -0.2) is 35.2 Å². The number of hydrogen-bond donors (Lipinski definition) is 0. The van der Waals surface area contributed by atoms with E-state index >= 15 is 0 Å². The topological polar surface area (TPSA) is 76.1 Å². The quantitative estimate of drug-likeness (QED) is 0.811. The molecule has 0 aliphatic heterocycles. The largest absolute Gasteiger partial charge is 0.266 e. The van der Waals surface area contributed by atoms with Crippen LogP contribution in [0.5, 0.6) is 0 Å². The molecule has 2 aromatic rings. The summed E-state index contributed by atoms with van der Waals surface area (Å²) in [5, 5.41) is 0.